The van der Waals surface area contributed by atoms with Crippen molar-refractivity contribution in [3.8, 4) is 5.75 Å². The quantitative estimate of drug-likeness (QED) is 0.846. The molecule has 102 valence electrons. The third-order valence-electron chi connectivity index (χ3n) is 2.65. The first-order valence-corrected chi connectivity index (χ1v) is 6.69. The van der Waals surface area contributed by atoms with Crippen LogP contribution in [0, 0.1) is 0 Å². The van der Waals surface area contributed by atoms with Crippen LogP contribution in [0.25, 0.3) is 0 Å². The van der Waals surface area contributed by atoms with Gasteiger partial charge in [-0.15, -0.1) is 0 Å². The van der Waals surface area contributed by atoms with Crippen LogP contribution < -0.4 is 10.1 Å². The Hall–Kier alpha value is -0.480. The van der Waals surface area contributed by atoms with Gasteiger partial charge >= 0.3 is 0 Å². The minimum atomic E-state index is -0.376. The fraction of sp³-hybridized carbons (Fsp3) is 0.538. The molecule has 18 heavy (non-hydrogen) atoms. The van der Waals surface area contributed by atoms with Crippen molar-refractivity contribution in [1.82, 2.24) is 5.32 Å². The molecule has 3 unspecified atom stereocenters. The van der Waals surface area contributed by atoms with Gasteiger partial charge in [-0.25, -0.2) is 0 Å². The molecule has 0 amide bonds. The number of nitrogens with one attached hydrogen (secondary N) is 1. The normalized spacial score (nSPS) is 16.1. The summed E-state index contributed by atoms with van der Waals surface area (Å²) in [5.74, 6) is 0.610. The van der Waals surface area contributed by atoms with Crippen molar-refractivity contribution in [3.05, 3.63) is 28.2 Å². The van der Waals surface area contributed by atoms with Crippen molar-refractivity contribution in [2.24, 2.45) is 0 Å². The van der Waals surface area contributed by atoms with Crippen LogP contribution in [0.1, 0.15) is 20.8 Å². The lowest BCUT2D eigenvalue weighted by molar-refractivity contribution is 0.150. The zero-order chi connectivity index (χ0) is 13.7. The van der Waals surface area contributed by atoms with E-state index in [2.05, 4.69) is 5.32 Å². The highest BCUT2D eigenvalue weighted by Crippen LogP contribution is 2.28. The van der Waals surface area contributed by atoms with Crippen molar-refractivity contribution < 1.29 is 9.84 Å². The van der Waals surface area contributed by atoms with Crippen molar-refractivity contribution in [2.45, 2.75) is 39.0 Å². The average molecular weight is 292 g/mol. The minimum Gasteiger partial charge on any atom is -0.488 e. The van der Waals surface area contributed by atoms with Crippen LogP contribution in [0.4, 0.5) is 0 Å². The maximum atomic E-state index is 9.21. The molecular formula is C13H19Cl2NO2. The standard InChI is InChI=1S/C13H19Cl2NO2/c1-8(17)7-16-9(2)10(3)18-13-5-4-11(14)6-12(13)15/h4-6,8-10,16-17H,7H2,1-3H3. The van der Waals surface area contributed by atoms with Gasteiger partial charge in [0.15, 0.2) is 0 Å². The summed E-state index contributed by atoms with van der Waals surface area (Å²) >= 11 is 11.9. The van der Waals surface area contributed by atoms with Crippen LogP contribution in [-0.4, -0.2) is 29.9 Å². The van der Waals surface area contributed by atoms with E-state index in [4.69, 9.17) is 27.9 Å². The van der Waals surface area contributed by atoms with Crippen LogP contribution >= 0.6 is 23.2 Å². The van der Waals surface area contributed by atoms with Crippen LogP contribution in [0.2, 0.25) is 10.0 Å². The number of benzene rings is 1. The second kappa shape index (κ2) is 7.19. The highest BCUT2D eigenvalue weighted by Gasteiger charge is 2.15. The molecule has 0 aromatic heterocycles. The first-order valence-electron chi connectivity index (χ1n) is 5.93. The molecule has 0 aliphatic carbocycles. The van der Waals surface area contributed by atoms with Gasteiger partial charge in [0.1, 0.15) is 11.9 Å². The minimum absolute atomic E-state index is 0.0672. The third-order valence-corrected chi connectivity index (χ3v) is 3.18. The second-order valence-electron chi connectivity index (χ2n) is 4.44. The van der Waals surface area contributed by atoms with E-state index in [1.165, 1.54) is 0 Å². The van der Waals surface area contributed by atoms with Crippen LogP contribution in [0.5, 0.6) is 5.75 Å². The topological polar surface area (TPSA) is 41.5 Å². The van der Waals surface area contributed by atoms with Gasteiger partial charge in [0.05, 0.1) is 11.1 Å². The van der Waals surface area contributed by atoms with Crippen LogP contribution in [-0.2, 0) is 0 Å². The lowest BCUT2D eigenvalue weighted by Crippen LogP contribution is -2.41. The Morgan fingerprint density at radius 3 is 2.50 bits per heavy atom. The van der Waals surface area contributed by atoms with Gasteiger partial charge in [-0.2, -0.15) is 0 Å². The summed E-state index contributed by atoms with van der Waals surface area (Å²) in [6, 6.07) is 5.25. The Bertz CT molecular complexity index is 385. The molecule has 0 saturated heterocycles. The smallest absolute Gasteiger partial charge is 0.138 e. The van der Waals surface area contributed by atoms with E-state index in [0.29, 0.717) is 22.3 Å². The van der Waals surface area contributed by atoms with Gasteiger partial charge in [-0.3, -0.25) is 0 Å². The summed E-state index contributed by atoms with van der Waals surface area (Å²) in [6.07, 6.45) is -0.443. The monoisotopic (exact) mass is 291 g/mol. The second-order valence-corrected chi connectivity index (χ2v) is 5.29. The summed E-state index contributed by atoms with van der Waals surface area (Å²) in [5, 5.41) is 13.5. The van der Waals surface area contributed by atoms with Crippen LogP contribution in [0.15, 0.2) is 18.2 Å². The Balaban J connectivity index is 2.55. The number of halogens is 2. The average Bonchev–Trinajstić information content (AvgIpc) is 2.29. The molecule has 0 bridgehead atoms. The summed E-state index contributed by atoms with van der Waals surface area (Å²) in [6.45, 7) is 6.21. The molecule has 3 nitrogen and oxygen atoms in total. The Labute approximate surface area is 118 Å². The summed E-state index contributed by atoms with van der Waals surface area (Å²) in [4.78, 5) is 0. The maximum absolute atomic E-state index is 9.21. The molecule has 0 saturated carbocycles. The predicted molar refractivity (Wildman–Crippen MR) is 75.7 cm³/mol. The summed E-state index contributed by atoms with van der Waals surface area (Å²) in [5.41, 5.74) is 0. The van der Waals surface area contributed by atoms with Gasteiger partial charge in [-0.05, 0) is 39.0 Å². The van der Waals surface area contributed by atoms with Gasteiger partial charge in [-0.1, -0.05) is 23.2 Å². The molecule has 2 N–H and O–H groups in total. The fourth-order valence-electron chi connectivity index (χ4n) is 1.40. The van der Waals surface area contributed by atoms with Crippen LogP contribution in [0.3, 0.4) is 0 Å². The molecule has 5 heteroatoms. The molecule has 0 aliphatic heterocycles. The van der Waals surface area contributed by atoms with Gasteiger partial charge < -0.3 is 15.2 Å². The molecule has 1 rings (SSSR count). The van der Waals surface area contributed by atoms with E-state index in [1.54, 1.807) is 25.1 Å². The van der Waals surface area contributed by atoms with E-state index in [-0.39, 0.29) is 18.2 Å². The molecule has 1 aromatic carbocycles. The maximum Gasteiger partial charge on any atom is 0.138 e. The molecule has 3 atom stereocenters. The predicted octanol–water partition coefficient (Wildman–Crippen LogP) is 3.12. The number of ether oxygens (including phenoxy) is 1. The molecule has 0 fully saturated rings. The van der Waals surface area contributed by atoms with E-state index >= 15 is 0 Å². The van der Waals surface area contributed by atoms with Crippen molar-refractivity contribution >= 4 is 23.2 Å². The third kappa shape index (κ3) is 5.02. The van der Waals surface area contributed by atoms with Crippen molar-refractivity contribution in [1.29, 1.82) is 0 Å². The van der Waals surface area contributed by atoms with Gasteiger partial charge in [0.2, 0.25) is 0 Å². The lowest BCUT2D eigenvalue weighted by atomic mass is 10.2. The Morgan fingerprint density at radius 1 is 1.28 bits per heavy atom. The molecule has 0 aliphatic rings. The molecular weight excluding hydrogens is 273 g/mol. The lowest BCUT2D eigenvalue weighted by Gasteiger charge is -2.23. The first-order chi connectivity index (χ1) is 8.40. The SMILES string of the molecule is CC(O)CNC(C)C(C)Oc1ccc(Cl)cc1Cl. The van der Waals surface area contributed by atoms with E-state index in [1.807, 2.05) is 13.8 Å². The molecule has 0 heterocycles. The molecule has 1 aromatic rings. The Morgan fingerprint density at radius 2 is 1.94 bits per heavy atom. The zero-order valence-electron chi connectivity index (χ0n) is 10.8. The van der Waals surface area contributed by atoms with E-state index in [9.17, 15) is 5.11 Å². The first kappa shape index (κ1) is 15.6. The summed E-state index contributed by atoms with van der Waals surface area (Å²) < 4.78 is 5.76. The number of hydrogen-bond acceptors (Lipinski definition) is 3. The fourth-order valence-corrected chi connectivity index (χ4v) is 1.85. The highest BCUT2D eigenvalue weighted by molar-refractivity contribution is 6.35. The van der Waals surface area contributed by atoms with Gasteiger partial charge in [0.25, 0.3) is 0 Å². The van der Waals surface area contributed by atoms with E-state index in [0.717, 1.165) is 0 Å². The van der Waals surface area contributed by atoms with Crippen molar-refractivity contribution in [3.63, 3.8) is 0 Å². The van der Waals surface area contributed by atoms with E-state index < -0.39 is 0 Å². The largest absolute Gasteiger partial charge is 0.488 e. The number of hydrogen-bond donors (Lipinski definition) is 2. The number of rotatable bonds is 6. The number of aliphatic hydroxyl groups excluding tert-OH is 1. The molecule has 0 spiro atoms. The molecule has 0 radical (unpaired) electrons. The highest BCUT2D eigenvalue weighted by atomic mass is 35.5. The van der Waals surface area contributed by atoms with Gasteiger partial charge in [0, 0.05) is 17.6 Å². The summed E-state index contributed by atoms with van der Waals surface area (Å²) in [7, 11) is 0. The zero-order valence-corrected chi connectivity index (χ0v) is 12.3. The number of aliphatic hydroxyl groups is 1. The van der Waals surface area contributed by atoms with Crippen molar-refractivity contribution in [2.75, 3.05) is 6.54 Å². The Kier molecular flexibility index (Phi) is 6.22.